The molecule has 2 fully saturated rings. The van der Waals surface area contributed by atoms with Crippen molar-refractivity contribution in [3.05, 3.63) is 28.7 Å². The van der Waals surface area contributed by atoms with Gasteiger partial charge in [-0.3, -0.25) is 9.69 Å². The first-order valence-corrected chi connectivity index (χ1v) is 9.95. The maximum absolute atomic E-state index is 12.8. The molecule has 0 saturated carbocycles. The second-order valence-electron chi connectivity index (χ2n) is 7.69. The van der Waals surface area contributed by atoms with Gasteiger partial charge in [0.25, 0.3) is 5.91 Å². The fourth-order valence-electron chi connectivity index (χ4n) is 4.12. The number of piperidine rings is 1. The summed E-state index contributed by atoms with van der Waals surface area (Å²) < 4.78 is 12.7. The van der Waals surface area contributed by atoms with E-state index in [2.05, 4.69) is 24.8 Å². The number of carbonyl (C=O) groups is 1. The molecule has 4 rings (SSSR count). The van der Waals surface area contributed by atoms with Crippen LogP contribution in [0.4, 0.5) is 0 Å². The molecule has 9 heteroatoms. The number of aromatic nitrogens is 4. The third kappa shape index (κ3) is 3.68. The fraction of sp³-hybridized carbons (Fsp3) is 0.684. The number of hydrogen-bond acceptors (Lipinski definition) is 7. The van der Waals surface area contributed by atoms with Gasteiger partial charge in [0.2, 0.25) is 0 Å². The predicted octanol–water partition coefficient (Wildman–Crippen LogP) is 1.27. The van der Waals surface area contributed by atoms with E-state index in [4.69, 9.17) is 9.26 Å². The van der Waals surface area contributed by atoms with E-state index in [1.807, 2.05) is 18.9 Å². The number of nitrogens with zero attached hydrogens (tertiary/aromatic N) is 6. The molecule has 0 atom stereocenters. The Hall–Kier alpha value is -2.26. The van der Waals surface area contributed by atoms with Gasteiger partial charge in [0, 0.05) is 39.1 Å². The van der Waals surface area contributed by atoms with Crippen LogP contribution in [0.25, 0.3) is 0 Å². The van der Waals surface area contributed by atoms with Gasteiger partial charge < -0.3 is 18.7 Å². The van der Waals surface area contributed by atoms with Crippen molar-refractivity contribution in [3.8, 4) is 0 Å². The van der Waals surface area contributed by atoms with Crippen LogP contribution in [0.5, 0.6) is 0 Å². The van der Waals surface area contributed by atoms with Crippen LogP contribution in [0.3, 0.4) is 0 Å². The average Bonchev–Trinajstić information content (AvgIpc) is 3.24. The van der Waals surface area contributed by atoms with Gasteiger partial charge in [0.15, 0.2) is 0 Å². The van der Waals surface area contributed by atoms with Crippen LogP contribution in [0, 0.1) is 13.8 Å². The van der Waals surface area contributed by atoms with Gasteiger partial charge in [-0.15, -0.1) is 10.2 Å². The summed E-state index contributed by atoms with van der Waals surface area (Å²) in [6, 6.07) is 0. The van der Waals surface area contributed by atoms with Crippen molar-refractivity contribution in [3.63, 3.8) is 0 Å². The summed E-state index contributed by atoms with van der Waals surface area (Å²) in [5, 5.41) is 12.8. The highest BCUT2D eigenvalue weighted by Gasteiger charge is 2.30. The largest absolute Gasteiger partial charge is 0.379 e. The summed E-state index contributed by atoms with van der Waals surface area (Å²) in [6.07, 6.45) is 1.78. The monoisotopic (exact) mass is 388 g/mol. The van der Waals surface area contributed by atoms with Gasteiger partial charge in [-0.2, -0.15) is 0 Å². The smallest absolute Gasteiger partial charge is 0.259 e. The predicted molar refractivity (Wildman–Crippen MR) is 101 cm³/mol. The van der Waals surface area contributed by atoms with Crippen molar-refractivity contribution in [1.82, 2.24) is 29.7 Å². The molecule has 0 aliphatic carbocycles. The Morgan fingerprint density at radius 1 is 1.11 bits per heavy atom. The van der Waals surface area contributed by atoms with Crippen LogP contribution in [0.1, 0.15) is 52.2 Å². The minimum absolute atomic E-state index is 0.0145. The summed E-state index contributed by atoms with van der Waals surface area (Å²) in [7, 11) is 2.05. The van der Waals surface area contributed by atoms with Crippen LogP contribution in [-0.2, 0) is 18.3 Å². The lowest BCUT2D eigenvalue weighted by Gasteiger charge is -2.31. The Morgan fingerprint density at radius 2 is 1.82 bits per heavy atom. The van der Waals surface area contributed by atoms with Crippen molar-refractivity contribution in [1.29, 1.82) is 0 Å². The Kier molecular flexibility index (Phi) is 5.45. The van der Waals surface area contributed by atoms with E-state index in [0.29, 0.717) is 36.0 Å². The van der Waals surface area contributed by atoms with Crippen LogP contribution in [0.2, 0.25) is 0 Å². The minimum atomic E-state index is 0.0145. The Labute approximate surface area is 164 Å². The second-order valence-corrected chi connectivity index (χ2v) is 7.69. The number of aryl methyl sites for hydroxylation is 2. The normalized spacial score (nSPS) is 19.3. The van der Waals surface area contributed by atoms with Crippen LogP contribution in [0.15, 0.2) is 4.52 Å². The molecule has 28 heavy (non-hydrogen) atoms. The number of rotatable bonds is 4. The standard InChI is InChI=1S/C19H28N6O3/c1-13-17(14(2)28-22-13)19(26)25-6-4-15(5-7-25)18-21-20-16(23(18)3)12-24-8-10-27-11-9-24/h15H,4-12H2,1-3H3. The molecule has 2 aromatic heterocycles. The summed E-state index contributed by atoms with van der Waals surface area (Å²) >= 11 is 0. The highest BCUT2D eigenvalue weighted by atomic mass is 16.5. The molecule has 2 aliphatic heterocycles. The third-order valence-corrected chi connectivity index (χ3v) is 5.86. The molecular weight excluding hydrogens is 360 g/mol. The first-order chi connectivity index (χ1) is 13.5. The van der Waals surface area contributed by atoms with Gasteiger partial charge >= 0.3 is 0 Å². The van der Waals surface area contributed by atoms with E-state index in [1.54, 1.807) is 6.92 Å². The summed E-state index contributed by atoms with van der Waals surface area (Å²) in [4.78, 5) is 17.1. The zero-order valence-electron chi connectivity index (χ0n) is 16.8. The SMILES string of the molecule is Cc1noc(C)c1C(=O)N1CCC(c2nnc(CN3CCOCC3)n2C)CC1. The van der Waals surface area contributed by atoms with Gasteiger partial charge in [0.05, 0.1) is 25.5 Å². The van der Waals surface area contributed by atoms with Crippen LogP contribution < -0.4 is 0 Å². The molecule has 9 nitrogen and oxygen atoms in total. The summed E-state index contributed by atoms with van der Waals surface area (Å²) in [6.45, 7) is 9.25. The molecule has 0 N–H and O–H groups in total. The number of morpholine rings is 1. The Bertz CT molecular complexity index is 811. The Morgan fingerprint density at radius 3 is 2.46 bits per heavy atom. The molecule has 2 aliphatic rings. The number of amides is 1. The molecule has 1 amide bonds. The zero-order chi connectivity index (χ0) is 19.7. The number of hydrogen-bond donors (Lipinski definition) is 0. The maximum atomic E-state index is 12.8. The highest BCUT2D eigenvalue weighted by molar-refractivity contribution is 5.96. The van der Waals surface area contributed by atoms with E-state index < -0.39 is 0 Å². The quantitative estimate of drug-likeness (QED) is 0.779. The van der Waals surface area contributed by atoms with E-state index in [1.165, 1.54) is 0 Å². The topological polar surface area (TPSA) is 89.5 Å². The van der Waals surface area contributed by atoms with Crippen molar-refractivity contribution in [2.75, 3.05) is 39.4 Å². The van der Waals surface area contributed by atoms with E-state index in [-0.39, 0.29) is 5.91 Å². The van der Waals surface area contributed by atoms with E-state index in [0.717, 1.165) is 57.3 Å². The number of carbonyl (C=O) groups excluding carboxylic acids is 1. The minimum Gasteiger partial charge on any atom is -0.379 e. The lowest BCUT2D eigenvalue weighted by Crippen LogP contribution is -2.39. The third-order valence-electron chi connectivity index (χ3n) is 5.86. The molecule has 0 unspecified atom stereocenters. The van der Waals surface area contributed by atoms with Gasteiger partial charge in [-0.1, -0.05) is 5.16 Å². The van der Waals surface area contributed by atoms with Crippen molar-refractivity contribution in [2.45, 2.75) is 39.2 Å². The second kappa shape index (κ2) is 8.00. The first kappa shape index (κ1) is 19.1. The van der Waals surface area contributed by atoms with E-state index >= 15 is 0 Å². The zero-order valence-corrected chi connectivity index (χ0v) is 16.8. The molecule has 4 heterocycles. The molecule has 0 spiro atoms. The summed E-state index contributed by atoms with van der Waals surface area (Å²) in [5.41, 5.74) is 1.26. The molecule has 0 aromatic carbocycles. The maximum Gasteiger partial charge on any atom is 0.259 e. The van der Waals surface area contributed by atoms with Gasteiger partial charge in [-0.05, 0) is 26.7 Å². The lowest BCUT2D eigenvalue weighted by molar-refractivity contribution is 0.0326. The fourth-order valence-corrected chi connectivity index (χ4v) is 4.12. The molecular formula is C19H28N6O3. The first-order valence-electron chi connectivity index (χ1n) is 9.95. The Balaban J connectivity index is 1.38. The molecule has 152 valence electrons. The van der Waals surface area contributed by atoms with Crippen LogP contribution >= 0.6 is 0 Å². The lowest BCUT2D eigenvalue weighted by atomic mass is 9.95. The average molecular weight is 388 g/mol. The van der Waals surface area contributed by atoms with Crippen LogP contribution in [-0.4, -0.2) is 75.0 Å². The molecule has 2 saturated heterocycles. The van der Waals surface area contributed by atoms with Crippen molar-refractivity contribution in [2.24, 2.45) is 7.05 Å². The van der Waals surface area contributed by atoms with Crippen molar-refractivity contribution >= 4 is 5.91 Å². The summed E-state index contributed by atoms with van der Waals surface area (Å²) in [5.74, 6) is 2.94. The number of likely N-dealkylation sites (tertiary alicyclic amines) is 1. The number of ether oxygens (including phenoxy) is 1. The van der Waals surface area contributed by atoms with Gasteiger partial charge in [0.1, 0.15) is 23.0 Å². The molecule has 2 aromatic rings. The molecule has 0 radical (unpaired) electrons. The highest BCUT2D eigenvalue weighted by Crippen LogP contribution is 2.28. The molecule has 0 bridgehead atoms. The van der Waals surface area contributed by atoms with Crippen molar-refractivity contribution < 1.29 is 14.1 Å². The van der Waals surface area contributed by atoms with E-state index in [9.17, 15) is 4.79 Å². The van der Waals surface area contributed by atoms with Gasteiger partial charge in [-0.25, -0.2) is 0 Å².